The molecule has 21 heavy (non-hydrogen) atoms. The lowest BCUT2D eigenvalue weighted by molar-refractivity contribution is 0.475. The molecule has 0 saturated carbocycles. The van der Waals surface area contributed by atoms with Crippen LogP contribution in [0.2, 0.25) is 0 Å². The quantitative estimate of drug-likeness (QED) is 0.735. The minimum absolute atomic E-state index is 0.619. The Morgan fingerprint density at radius 3 is 2.71 bits per heavy atom. The largest absolute Gasteiger partial charge is 0.453 e. The molecule has 2 N–H and O–H groups in total. The Bertz CT molecular complexity index is 811. The van der Waals surface area contributed by atoms with E-state index >= 15 is 0 Å². The van der Waals surface area contributed by atoms with Crippen LogP contribution >= 0.6 is 11.3 Å². The van der Waals surface area contributed by atoms with Crippen LogP contribution in [0.25, 0.3) is 10.2 Å². The van der Waals surface area contributed by atoms with Gasteiger partial charge in [0.2, 0.25) is 0 Å². The number of nitrogen functional groups attached to an aromatic ring is 1. The minimum Gasteiger partial charge on any atom is -0.453 e. The van der Waals surface area contributed by atoms with E-state index in [1.165, 1.54) is 0 Å². The topological polar surface area (TPSA) is 61.0 Å². The summed E-state index contributed by atoms with van der Waals surface area (Å²) in [6.45, 7) is 6.02. The summed E-state index contributed by atoms with van der Waals surface area (Å²) >= 11 is 1.63. The number of benzene rings is 1. The third kappa shape index (κ3) is 2.69. The van der Waals surface area contributed by atoms with Gasteiger partial charge in [0.05, 0.1) is 26.6 Å². The number of nitrogens with two attached hydrogens (primary N) is 1. The molecule has 0 amide bonds. The number of aryl methyl sites for hydroxylation is 3. The SMILES string of the molecule is CCc1nc(C)ccc1Oc1cc2nc(C)sc2cc1N. The van der Waals surface area contributed by atoms with Crippen LogP contribution in [-0.2, 0) is 6.42 Å². The van der Waals surface area contributed by atoms with Gasteiger partial charge in [0.1, 0.15) is 5.75 Å². The third-order valence-corrected chi connectivity index (χ3v) is 4.19. The van der Waals surface area contributed by atoms with E-state index in [9.17, 15) is 0 Å². The fraction of sp³-hybridized carbons (Fsp3) is 0.250. The highest BCUT2D eigenvalue weighted by molar-refractivity contribution is 7.18. The number of rotatable bonds is 3. The number of nitrogens with zero attached hydrogens (tertiary/aromatic N) is 2. The number of ether oxygens (including phenoxy) is 1. The number of fused-ring (bicyclic) bond motifs is 1. The summed E-state index contributed by atoms with van der Waals surface area (Å²) in [5.41, 5.74) is 9.55. The van der Waals surface area contributed by atoms with Gasteiger partial charge in [-0.05, 0) is 38.5 Å². The van der Waals surface area contributed by atoms with Crippen molar-refractivity contribution < 1.29 is 4.74 Å². The van der Waals surface area contributed by atoms with Gasteiger partial charge in [-0.15, -0.1) is 11.3 Å². The van der Waals surface area contributed by atoms with Crippen molar-refractivity contribution in [1.29, 1.82) is 0 Å². The lowest BCUT2D eigenvalue weighted by Crippen LogP contribution is -1.98. The summed E-state index contributed by atoms with van der Waals surface area (Å²) < 4.78 is 7.06. The average molecular weight is 299 g/mol. The van der Waals surface area contributed by atoms with Crippen LogP contribution in [0.4, 0.5) is 5.69 Å². The summed E-state index contributed by atoms with van der Waals surface area (Å²) in [6.07, 6.45) is 0.814. The molecule has 5 heteroatoms. The second-order valence-electron chi connectivity index (χ2n) is 4.94. The molecule has 0 saturated heterocycles. The van der Waals surface area contributed by atoms with E-state index in [2.05, 4.69) is 16.9 Å². The normalized spacial score (nSPS) is 11.0. The predicted octanol–water partition coefficient (Wildman–Crippen LogP) is 4.25. The predicted molar refractivity (Wildman–Crippen MR) is 87.2 cm³/mol. The molecule has 0 unspecified atom stereocenters. The molecule has 0 bridgehead atoms. The number of pyridine rings is 1. The molecule has 0 spiro atoms. The molecule has 3 aromatic rings. The first-order valence-electron chi connectivity index (χ1n) is 6.88. The zero-order valence-corrected chi connectivity index (χ0v) is 13.1. The van der Waals surface area contributed by atoms with E-state index in [1.54, 1.807) is 11.3 Å². The van der Waals surface area contributed by atoms with Crippen LogP contribution < -0.4 is 10.5 Å². The van der Waals surface area contributed by atoms with Gasteiger partial charge in [-0.25, -0.2) is 4.98 Å². The van der Waals surface area contributed by atoms with E-state index in [-0.39, 0.29) is 0 Å². The molecule has 0 atom stereocenters. The van der Waals surface area contributed by atoms with Crippen molar-refractivity contribution in [2.45, 2.75) is 27.2 Å². The molecule has 3 rings (SSSR count). The maximum atomic E-state index is 6.10. The summed E-state index contributed by atoms with van der Waals surface area (Å²) in [4.78, 5) is 8.99. The minimum atomic E-state index is 0.619. The van der Waals surface area contributed by atoms with Crippen molar-refractivity contribution in [2.24, 2.45) is 0 Å². The van der Waals surface area contributed by atoms with Gasteiger partial charge in [-0.2, -0.15) is 0 Å². The standard InChI is InChI=1S/C16H17N3OS/c1-4-12-14(6-5-9(2)18-12)20-15-8-13-16(7-11(15)17)21-10(3)19-13/h5-8H,4,17H2,1-3H3. The molecule has 0 aliphatic carbocycles. The lowest BCUT2D eigenvalue weighted by Gasteiger charge is -2.11. The van der Waals surface area contributed by atoms with Gasteiger partial charge in [0, 0.05) is 11.8 Å². The highest BCUT2D eigenvalue weighted by Crippen LogP contribution is 2.34. The summed E-state index contributed by atoms with van der Waals surface area (Å²) in [5.74, 6) is 1.38. The zero-order valence-electron chi connectivity index (χ0n) is 12.3. The van der Waals surface area contributed by atoms with Gasteiger partial charge < -0.3 is 10.5 Å². The number of hydrogen-bond donors (Lipinski definition) is 1. The maximum Gasteiger partial charge on any atom is 0.152 e. The molecule has 0 aliphatic heterocycles. The molecule has 1 aromatic carbocycles. The van der Waals surface area contributed by atoms with Crippen molar-refractivity contribution in [3.8, 4) is 11.5 Å². The summed E-state index contributed by atoms with van der Waals surface area (Å²) in [7, 11) is 0. The van der Waals surface area contributed by atoms with E-state index < -0.39 is 0 Å². The lowest BCUT2D eigenvalue weighted by atomic mass is 10.2. The fourth-order valence-electron chi connectivity index (χ4n) is 2.24. The van der Waals surface area contributed by atoms with E-state index in [0.29, 0.717) is 11.4 Å². The second-order valence-corrected chi connectivity index (χ2v) is 6.18. The van der Waals surface area contributed by atoms with Crippen LogP contribution in [0.15, 0.2) is 24.3 Å². The Labute approximate surface area is 127 Å². The Hall–Kier alpha value is -2.14. The molecule has 0 aliphatic rings. The summed E-state index contributed by atoms with van der Waals surface area (Å²) in [5, 5.41) is 1.02. The van der Waals surface area contributed by atoms with Crippen molar-refractivity contribution >= 4 is 27.2 Å². The van der Waals surface area contributed by atoms with Crippen molar-refractivity contribution in [3.63, 3.8) is 0 Å². The number of aromatic nitrogens is 2. The second kappa shape index (κ2) is 5.33. The number of thiazole rings is 1. The average Bonchev–Trinajstić information content (AvgIpc) is 2.80. The van der Waals surface area contributed by atoms with Crippen molar-refractivity contribution in [2.75, 3.05) is 5.73 Å². The number of hydrogen-bond acceptors (Lipinski definition) is 5. The first kappa shape index (κ1) is 13.8. The summed E-state index contributed by atoms with van der Waals surface area (Å²) in [6, 6.07) is 7.70. The van der Waals surface area contributed by atoms with E-state index in [0.717, 1.165) is 38.8 Å². The van der Waals surface area contributed by atoms with Crippen LogP contribution in [-0.4, -0.2) is 9.97 Å². The van der Waals surface area contributed by atoms with Gasteiger partial charge in [0.25, 0.3) is 0 Å². The maximum absolute atomic E-state index is 6.10. The molecule has 4 nitrogen and oxygen atoms in total. The first-order chi connectivity index (χ1) is 10.1. The smallest absolute Gasteiger partial charge is 0.152 e. The molecule has 0 radical (unpaired) electrons. The van der Waals surface area contributed by atoms with E-state index in [4.69, 9.17) is 10.5 Å². The highest BCUT2D eigenvalue weighted by Gasteiger charge is 2.11. The molecular weight excluding hydrogens is 282 g/mol. The van der Waals surface area contributed by atoms with Crippen molar-refractivity contribution in [1.82, 2.24) is 9.97 Å². The number of anilines is 1. The van der Waals surface area contributed by atoms with E-state index in [1.807, 2.05) is 38.1 Å². The molecule has 2 aromatic heterocycles. The van der Waals surface area contributed by atoms with Crippen LogP contribution in [0.5, 0.6) is 11.5 Å². The molecule has 108 valence electrons. The van der Waals surface area contributed by atoms with Gasteiger partial charge in [0.15, 0.2) is 5.75 Å². The van der Waals surface area contributed by atoms with Gasteiger partial charge >= 0.3 is 0 Å². The van der Waals surface area contributed by atoms with Crippen LogP contribution in [0.3, 0.4) is 0 Å². The third-order valence-electron chi connectivity index (χ3n) is 3.25. The Balaban J connectivity index is 2.03. The molecule has 2 heterocycles. The zero-order chi connectivity index (χ0) is 15.0. The Morgan fingerprint density at radius 1 is 1.14 bits per heavy atom. The van der Waals surface area contributed by atoms with Crippen molar-refractivity contribution in [3.05, 3.63) is 40.7 Å². The highest BCUT2D eigenvalue weighted by atomic mass is 32.1. The monoisotopic (exact) mass is 299 g/mol. The molecular formula is C16H17N3OS. The van der Waals surface area contributed by atoms with Crippen LogP contribution in [0.1, 0.15) is 23.3 Å². The van der Waals surface area contributed by atoms with Gasteiger partial charge in [-0.1, -0.05) is 6.92 Å². The Morgan fingerprint density at radius 2 is 1.95 bits per heavy atom. The van der Waals surface area contributed by atoms with Gasteiger partial charge in [-0.3, -0.25) is 4.98 Å². The Kier molecular flexibility index (Phi) is 3.51. The fourth-order valence-corrected chi connectivity index (χ4v) is 3.09. The molecule has 0 fully saturated rings. The van der Waals surface area contributed by atoms with Crippen LogP contribution in [0, 0.1) is 13.8 Å². The first-order valence-corrected chi connectivity index (χ1v) is 7.69.